The number of alkyl halides is 2. The van der Waals surface area contributed by atoms with Crippen molar-refractivity contribution in [1.82, 2.24) is 4.90 Å². The number of nitrogens with zero attached hydrogens (tertiary/aromatic N) is 1. The summed E-state index contributed by atoms with van der Waals surface area (Å²) in [7, 11) is 0. The molecule has 0 saturated carbocycles. The maximum absolute atomic E-state index is 11.6. The molecule has 0 rings (SSSR count). The van der Waals surface area contributed by atoms with E-state index in [0.717, 1.165) is 6.54 Å². The van der Waals surface area contributed by atoms with Crippen LogP contribution in [-0.4, -0.2) is 33.6 Å². The summed E-state index contributed by atoms with van der Waals surface area (Å²) in [6, 6.07) is 0.279. The van der Waals surface area contributed by atoms with Crippen LogP contribution in [-0.2, 0) is 4.79 Å². The van der Waals surface area contributed by atoms with Crippen LogP contribution >= 0.6 is 31.9 Å². The molecule has 1 atom stereocenters. The van der Waals surface area contributed by atoms with Crippen LogP contribution in [0.2, 0.25) is 0 Å². The van der Waals surface area contributed by atoms with Crippen molar-refractivity contribution in [2.24, 2.45) is 0 Å². The average Bonchev–Trinajstić information content (AvgIpc) is 2.03. The molecule has 0 aliphatic rings. The molecule has 0 saturated heterocycles. The number of amides is 1. The van der Waals surface area contributed by atoms with Gasteiger partial charge in [-0.15, -0.1) is 0 Å². The predicted octanol–water partition coefficient (Wildman–Crippen LogP) is 2.40. The lowest BCUT2D eigenvalue weighted by molar-refractivity contribution is -0.131. The zero-order valence-corrected chi connectivity index (χ0v) is 10.9. The summed E-state index contributed by atoms with van der Waals surface area (Å²) in [6.07, 6.45) is 0. The van der Waals surface area contributed by atoms with Gasteiger partial charge in [0.05, 0.1) is 0 Å². The van der Waals surface area contributed by atoms with Crippen LogP contribution < -0.4 is 0 Å². The molecule has 1 unspecified atom stereocenters. The van der Waals surface area contributed by atoms with Gasteiger partial charge in [0.1, 0.15) is 4.83 Å². The molecular weight excluding hydrogens is 286 g/mol. The molecule has 72 valence electrons. The Hall–Kier alpha value is 0.430. The van der Waals surface area contributed by atoms with Crippen LogP contribution in [0.5, 0.6) is 0 Å². The van der Waals surface area contributed by atoms with Gasteiger partial charge >= 0.3 is 0 Å². The second-order valence-electron chi connectivity index (χ2n) is 2.84. The van der Waals surface area contributed by atoms with E-state index in [9.17, 15) is 4.79 Å². The van der Waals surface area contributed by atoms with Crippen molar-refractivity contribution in [2.75, 3.05) is 11.9 Å². The van der Waals surface area contributed by atoms with Gasteiger partial charge < -0.3 is 4.90 Å². The van der Waals surface area contributed by atoms with E-state index in [1.54, 1.807) is 0 Å². The van der Waals surface area contributed by atoms with Gasteiger partial charge in [0.15, 0.2) is 0 Å². The Balaban J connectivity index is 4.21. The lowest BCUT2D eigenvalue weighted by atomic mass is 10.3. The molecule has 0 spiro atoms. The van der Waals surface area contributed by atoms with Crippen LogP contribution in [0.4, 0.5) is 0 Å². The third-order valence-electron chi connectivity index (χ3n) is 1.65. The Morgan fingerprint density at radius 1 is 1.50 bits per heavy atom. The number of carbonyl (C=O) groups excluding carboxylic acids is 1. The van der Waals surface area contributed by atoms with Crippen molar-refractivity contribution >= 4 is 37.8 Å². The molecule has 0 radical (unpaired) electrons. The summed E-state index contributed by atoms with van der Waals surface area (Å²) in [5.41, 5.74) is 0. The van der Waals surface area contributed by atoms with E-state index in [-0.39, 0.29) is 16.8 Å². The summed E-state index contributed by atoms with van der Waals surface area (Å²) >= 11 is 6.58. The van der Waals surface area contributed by atoms with E-state index in [4.69, 9.17) is 0 Å². The van der Waals surface area contributed by atoms with Gasteiger partial charge in [0.2, 0.25) is 5.91 Å². The number of halogens is 2. The lowest BCUT2D eigenvalue weighted by Gasteiger charge is -2.26. The molecule has 0 aliphatic carbocycles. The Morgan fingerprint density at radius 3 is 2.25 bits per heavy atom. The van der Waals surface area contributed by atoms with E-state index >= 15 is 0 Å². The molecule has 1 amide bonds. The molecule has 0 heterocycles. The Labute approximate surface area is 91.0 Å². The zero-order chi connectivity index (χ0) is 9.72. The third-order valence-corrected chi connectivity index (χ3v) is 3.88. The highest BCUT2D eigenvalue weighted by Gasteiger charge is 2.21. The number of hydrogen-bond acceptors (Lipinski definition) is 1. The van der Waals surface area contributed by atoms with E-state index in [2.05, 4.69) is 31.9 Å². The highest BCUT2D eigenvalue weighted by atomic mass is 79.9. The van der Waals surface area contributed by atoms with Crippen molar-refractivity contribution in [3.05, 3.63) is 0 Å². The number of carbonyl (C=O) groups is 1. The molecule has 2 nitrogen and oxygen atoms in total. The summed E-state index contributed by atoms with van der Waals surface area (Å²) in [5.74, 6) is 0.157. The van der Waals surface area contributed by atoms with Crippen LogP contribution in [0, 0.1) is 0 Å². The first-order chi connectivity index (χ1) is 5.54. The fraction of sp³-hybridized carbons (Fsp3) is 0.875. The fourth-order valence-corrected chi connectivity index (χ4v) is 1.56. The SMILES string of the molecule is CCN(C(=O)C(Br)CBr)C(C)C. The lowest BCUT2D eigenvalue weighted by Crippen LogP contribution is -2.41. The molecule has 0 aromatic carbocycles. The van der Waals surface area contributed by atoms with Crippen LogP contribution in [0.1, 0.15) is 20.8 Å². The zero-order valence-electron chi connectivity index (χ0n) is 7.68. The normalized spacial score (nSPS) is 13.2. The fourth-order valence-electron chi connectivity index (χ4n) is 1.02. The highest BCUT2D eigenvalue weighted by molar-refractivity contribution is 9.12. The average molecular weight is 301 g/mol. The first-order valence-corrected chi connectivity index (χ1v) is 6.08. The van der Waals surface area contributed by atoms with Gasteiger partial charge in [-0.05, 0) is 20.8 Å². The monoisotopic (exact) mass is 299 g/mol. The van der Waals surface area contributed by atoms with Gasteiger partial charge in [-0.3, -0.25) is 4.79 Å². The van der Waals surface area contributed by atoms with Crippen molar-refractivity contribution in [2.45, 2.75) is 31.6 Å². The number of rotatable bonds is 4. The van der Waals surface area contributed by atoms with Crippen LogP contribution in [0.25, 0.3) is 0 Å². The molecular formula is C8H15Br2NO. The molecule has 12 heavy (non-hydrogen) atoms. The van der Waals surface area contributed by atoms with Crippen molar-refractivity contribution in [3.8, 4) is 0 Å². The van der Waals surface area contributed by atoms with Crippen molar-refractivity contribution in [1.29, 1.82) is 0 Å². The minimum atomic E-state index is -0.0974. The first-order valence-electron chi connectivity index (χ1n) is 4.05. The van der Waals surface area contributed by atoms with E-state index in [1.807, 2.05) is 25.7 Å². The summed E-state index contributed by atoms with van der Waals surface area (Å²) in [5, 5.41) is 0.662. The second-order valence-corrected chi connectivity index (χ2v) is 4.59. The van der Waals surface area contributed by atoms with Crippen LogP contribution in [0.15, 0.2) is 0 Å². The third kappa shape index (κ3) is 3.44. The minimum absolute atomic E-state index is 0.0974. The van der Waals surface area contributed by atoms with E-state index in [0.29, 0.717) is 5.33 Å². The molecule has 0 aromatic heterocycles. The molecule has 0 aromatic rings. The Kier molecular flexibility index (Phi) is 6.19. The maximum Gasteiger partial charge on any atom is 0.237 e. The Bertz CT molecular complexity index is 150. The van der Waals surface area contributed by atoms with Gasteiger partial charge in [-0.2, -0.15) is 0 Å². The molecule has 0 fully saturated rings. The van der Waals surface area contributed by atoms with Gasteiger partial charge in [0, 0.05) is 17.9 Å². The maximum atomic E-state index is 11.6. The van der Waals surface area contributed by atoms with Gasteiger partial charge in [-0.1, -0.05) is 31.9 Å². The van der Waals surface area contributed by atoms with Crippen molar-refractivity contribution < 1.29 is 4.79 Å². The smallest absolute Gasteiger partial charge is 0.237 e. The highest BCUT2D eigenvalue weighted by Crippen LogP contribution is 2.10. The first kappa shape index (κ1) is 12.4. The Morgan fingerprint density at radius 2 is 2.00 bits per heavy atom. The molecule has 0 aliphatic heterocycles. The minimum Gasteiger partial charge on any atom is -0.340 e. The van der Waals surface area contributed by atoms with Gasteiger partial charge in [0.25, 0.3) is 0 Å². The summed E-state index contributed by atoms with van der Waals surface area (Å²) in [6.45, 7) is 6.81. The van der Waals surface area contributed by atoms with Gasteiger partial charge in [-0.25, -0.2) is 0 Å². The predicted molar refractivity (Wildman–Crippen MR) is 59.0 cm³/mol. The molecule has 0 bridgehead atoms. The topological polar surface area (TPSA) is 20.3 Å². The summed E-state index contributed by atoms with van der Waals surface area (Å²) in [4.78, 5) is 13.3. The van der Waals surface area contributed by atoms with Crippen molar-refractivity contribution in [3.63, 3.8) is 0 Å². The second kappa shape index (κ2) is 5.97. The standard InChI is InChI=1S/C8H15Br2NO/c1-4-11(6(2)3)8(12)7(10)5-9/h6-7H,4-5H2,1-3H3. The summed E-state index contributed by atoms with van der Waals surface area (Å²) < 4.78 is 0. The molecule has 4 heteroatoms. The van der Waals surface area contributed by atoms with E-state index < -0.39 is 0 Å². The largest absolute Gasteiger partial charge is 0.340 e. The number of hydrogen-bond donors (Lipinski definition) is 0. The quantitative estimate of drug-likeness (QED) is 0.730. The molecule has 0 N–H and O–H groups in total. The van der Waals surface area contributed by atoms with Crippen LogP contribution in [0.3, 0.4) is 0 Å². The van der Waals surface area contributed by atoms with E-state index in [1.165, 1.54) is 0 Å².